The van der Waals surface area contributed by atoms with E-state index in [9.17, 15) is 14.4 Å². The molecule has 0 bridgehead atoms. The minimum absolute atomic E-state index is 0.0232. The molecule has 1 fully saturated rings. The highest BCUT2D eigenvalue weighted by molar-refractivity contribution is 6.09. The average molecular weight is 653 g/mol. The molecular formula is C41H40N4O4. The predicted molar refractivity (Wildman–Crippen MR) is 193 cm³/mol. The molecule has 0 saturated heterocycles. The Balaban J connectivity index is 1.50. The molecule has 49 heavy (non-hydrogen) atoms. The van der Waals surface area contributed by atoms with Crippen molar-refractivity contribution in [2.75, 3.05) is 4.90 Å². The van der Waals surface area contributed by atoms with Gasteiger partial charge in [-0.05, 0) is 71.9 Å². The number of hydrogen-bond acceptors (Lipinski definition) is 4. The molecule has 1 unspecified atom stereocenters. The van der Waals surface area contributed by atoms with Crippen LogP contribution in [0.4, 0.5) is 5.69 Å². The van der Waals surface area contributed by atoms with E-state index in [2.05, 4.69) is 19.2 Å². The Kier molecular flexibility index (Phi) is 10.1. The van der Waals surface area contributed by atoms with Crippen molar-refractivity contribution in [2.24, 2.45) is 0 Å². The van der Waals surface area contributed by atoms with E-state index in [1.165, 1.54) is 6.08 Å². The maximum atomic E-state index is 15.0. The van der Waals surface area contributed by atoms with Gasteiger partial charge in [0.15, 0.2) is 5.69 Å². The van der Waals surface area contributed by atoms with E-state index >= 15 is 0 Å². The molecule has 0 aliphatic heterocycles. The smallest absolute Gasteiger partial charge is 0.328 e. The third-order valence-electron chi connectivity index (χ3n) is 8.93. The second-order valence-corrected chi connectivity index (χ2v) is 12.7. The molecule has 5 aromatic rings. The van der Waals surface area contributed by atoms with Crippen molar-refractivity contribution in [1.82, 2.24) is 15.1 Å². The molecule has 2 amide bonds. The molecule has 1 heterocycles. The fraction of sp³-hybridized carbons (Fsp3) is 0.220. The van der Waals surface area contributed by atoms with E-state index in [1.807, 2.05) is 84.9 Å². The van der Waals surface area contributed by atoms with Gasteiger partial charge in [0.1, 0.15) is 6.04 Å². The van der Waals surface area contributed by atoms with Crippen molar-refractivity contribution in [3.8, 4) is 16.9 Å². The number of nitrogens with one attached hydrogen (secondary N) is 1. The number of rotatable bonds is 11. The molecule has 6 rings (SSSR count). The van der Waals surface area contributed by atoms with Crippen LogP contribution in [-0.2, 0) is 9.59 Å². The Hall–Kier alpha value is -5.76. The van der Waals surface area contributed by atoms with Crippen LogP contribution in [0.1, 0.15) is 78.7 Å². The van der Waals surface area contributed by atoms with Gasteiger partial charge in [0.05, 0.1) is 11.4 Å². The first-order valence-electron chi connectivity index (χ1n) is 16.7. The minimum atomic E-state index is -1.05. The Labute approximate surface area is 286 Å². The van der Waals surface area contributed by atoms with Crippen LogP contribution in [0.15, 0.2) is 121 Å². The number of para-hydroxylation sites is 1. The zero-order chi connectivity index (χ0) is 34.3. The van der Waals surface area contributed by atoms with Crippen LogP contribution in [-0.4, -0.2) is 38.7 Å². The molecule has 4 aromatic carbocycles. The van der Waals surface area contributed by atoms with Gasteiger partial charge in [-0.25, -0.2) is 9.48 Å². The molecular weight excluding hydrogens is 612 g/mol. The molecule has 1 saturated carbocycles. The molecule has 0 spiro atoms. The van der Waals surface area contributed by atoms with Crippen LogP contribution in [0.3, 0.4) is 0 Å². The quantitative estimate of drug-likeness (QED) is 0.140. The summed E-state index contributed by atoms with van der Waals surface area (Å²) < 4.78 is 1.76. The summed E-state index contributed by atoms with van der Waals surface area (Å²) in [6.07, 6.45) is 6.41. The maximum Gasteiger partial charge on any atom is 0.328 e. The summed E-state index contributed by atoms with van der Waals surface area (Å²) in [6.45, 7) is 4.22. The number of aliphatic carboxylic acids is 1. The molecule has 8 heteroatoms. The maximum absolute atomic E-state index is 15.0. The lowest BCUT2D eigenvalue weighted by atomic mass is 9.99. The zero-order valence-electron chi connectivity index (χ0n) is 27.7. The third kappa shape index (κ3) is 7.70. The fourth-order valence-electron chi connectivity index (χ4n) is 6.32. The van der Waals surface area contributed by atoms with Crippen molar-refractivity contribution >= 4 is 29.5 Å². The first-order valence-corrected chi connectivity index (χ1v) is 16.7. The lowest BCUT2D eigenvalue weighted by molar-refractivity contribution is -0.131. The molecule has 1 aliphatic carbocycles. The van der Waals surface area contributed by atoms with Crippen molar-refractivity contribution in [1.29, 1.82) is 0 Å². The Morgan fingerprint density at radius 1 is 0.837 bits per heavy atom. The van der Waals surface area contributed by atoms with Gasteiger partial charge in [-0.15, -0.1) is 0 Å². The average Bonchev–Trinajstić information content (AvgIpc) is 3.81. The lowest BCUT2D eigenvalue weighted by Crippen LogP contribution is -2.46. The highest BCUT2D eigenvalue weighted by Crippen LogP contribution is 2.33. The summed E-state index contributed by atoms with van der Waals surface area (Å²) in [7, 11) is 0. The number of aromatic nitrogens is 2. The number of amides is 2. The largest absolute Gasteiger partial charge is 0.478 e. The Bertz CT molecular complexity index is 1870. The van der Waals surface area contributed by atoms with Gasteiger partial charge in [0.2, 0.25) is 5.91 Å². The predicted octanol–water partition coefficient (Wildman–Crippen LogP) is 8.21. The highest BCUT2D eigenvalue weighted by Gasteiger charge is 2.36. The van der Waals surface area contributed by atoms with Crippen LogP contribution in [0, 0.1) is 0 Å². The number of carboxylic acids is 1. The van der Waals surface area contributed by atoms with Crippen molar-refractivity contribution in [3.63, 3.8) is 0 Å². The minimum Gasteiger partial charge on any atom is -0.478 e. The monoisotopic (exact) mass is 652 g/mol. The molecule has 1 atom stereocenters. The SMILES string of the molecule is CC(C)c1ccc(N(C(=O)c2cc(-c3ccccc3)n(-c3ccccc3)n2)C(C(=O)NC2CCCC2)c2ccc(/C=C/C(=O)O)cc2)cc1. The van der Waals surface area contributed by atoms with Gasteiger partial charge < -0.3 is 10.4 Å². The van der Waals surface area contributed by atoms with Crippen LogP contribution in [0.25, 0.3) is 23.0 Å². The summed E-state index contributed by atoms with van der Waals surface area (Å²) in [4.78, 5) is 42.1. The van der Waals surface area contributed by atoms with E-state index in [0.29, 0.717) is 16.8 Å². The first kappa shape index (κ1) is 33.2. The Morgan fingerprint density at radius 2 is 1.45 bits per heavy atom. The van der Waals surface area contributed by atoms with Gasteiger partial charge in [-0.3, -0.25) is 14.5 Å². The van der Waals surface area contributed by atoms with Gasteiger partial charge in [0, 0.05) is 23.4 Å². The van der Waals surface area contributed by atoms with Crippen LogP contribution < -0.4 is 10.2 Å². The van der Waals surface area contributed by atoms with Crippen molar-refractivity contribution in [3.05, 3.63) is 144 Å². The summed E-state index contributed by atoms with van der Waals surface area (Å²) >= 11 is 0. The third-order valence-corrected chi connectivity index (χ3v) is 8.93. The second-order valence-electron chi connectivity index (χ2n) is 12.7. The number of hydrogen-bond donors (Lipinski definition) is 2. The van der Waals surface area contributed by atoms with E-state index < -0.39 is 17.9 Å². The van der Waals surface area contributed by atoms with Gasteiger partial charge in [-0.1, -0.05) is 112 Å². The highest BCUT2D eigenvalue weighted by atomic mass is 16.4. The van der Waals surface area contributed by atoms with Crippen LogP contribution in [0.2, 0.25) is 0 Å². The van der Waals surface area contributed by atoms with E-state index in [0.717, 1.165) is 54.3 Å². The fourth-order valence-corrected chi connectivity index (χ4v) is 6.32. The summed E-state index contributed by atoms with van der Waals surface area (Å²) in [6, 6.07) is 35.1. The lowest BCUT2D eigenvalue weighted by Gasteiger charge is -2.32. The van der Waals surface area contributed by atoms with Gasteiger partial charge in [-0.2, -0.15) is 5.10 Å². The number of nitrogens with zero attached hydrogens (tertiary/aromatic N) is 3. The van der Waals surface area contributed by atoms with E-state index in [-0.39, 0.29) is 23.6 Å². The molecule has 2 N–H and O–H groups in total. The second kappa shape index (κ2) is 15.0. The number of carbonyl (C=O) groups excluding carboxylic acids is 2. The number of anilines is 1. The van der Waals surface area contributed by atoms with Crippen molar-refractivity contribution < 1.29 is 19.5 Å². The zero-order valence-corrected chi connectivity index (χ0v) is 27.7. The summed E-state index contributed by atoms with van der Waals surface area (Å²) in [5.74, 6) is -1.48. The molecule has 8 nitrogen and oxygen atoms in total. The van der Waals surface area contributed by atoms with Gasteiger partial charge in [0.25, 0.3) is 5.91 Å². The Morgan fingerprint density at radius 3 is 2.06 bits per heavy atom. The standard InChI is InChI=1S/C41H40N4O4/c1-28(2)30-22-24-34(25-23-30)44(39(40(48)42-33-13-9-10-14-33)32-20-17-29(18-21-32)19-26-38(46)47)41(49)36-27-37(31-11-5-3-6-12-31)45(43-36)35-15-7-4-8-16-35/h3-8,11-12,15-28,33,39H,9-10,13-14H2,1-2H3,(H,42,48)(H,46,47)/b26-19+. The van der Waals surface area contributed by atoms with E-state index in [1.54, 1.807) is 39.9 Å². The summed E-state index contributed by atoms with van der Waals surface area (Å²) in [5, 5.41) is 17.2. The van der Waals surface area contributed by atoms with Crippen LogP contribution in [0.5, 0.6) is 0 Å². The number of carboxylic acid groups (broad SMARTS) is 1. The molecule has 1 aliphatic rings. The normalized spacial score (nSPS) is 13.9. The van der Waals surface area contributed by atoms with E-state index in [4.69, 9.17) is 10.2 Å². The molecule has 1 aromatic heterocycles. The van der Waals surface area contributed by atoms with Gasteiger partial charge >= 0.3 is 5.97 Å². The first-order chi connectivity index (χ1) is 23.8. The molecule has 248 valence electrons. The number of benzene rings is 4. The molecule has 0 radical (unpaired) electrons. The summed E-state index contributed by atoms with van der Waals surface area (Å²) in [5.41, 5.74) is 5.55. The number of carbonyl (C=O) groups is 3. The van der Waals surface area contributed by atoms with Crippen LogP contribution >= 0.6 is 0 Å². The topological polar surface area (TPSA) is 105 Å². The van der Waals surface area contributed by atoms with Crippen molar-refractivity contribution in [2.45, 2.75) is 57.5 Å².